The highest BCUT2D eigenvalue weighted by atomic mass is 16.3. The number of hydrogen-bond donors (Lipinski definition) is 1. The van der Waals surface area contributed by atoms with E-state index >= 15 is 0 Å². The summed E-state index contributed by atoms with van der Waals surface area (Å²) in [6, 6.07) is -0.320. The Morgan fingerprint density at radius 3 is 2.00 bits per heavy atom. The molecule has 0 bridgehead atoms. The average molecular weight is 390 g/mol. The molecule has 1 N–H and O–H groups in total. The molecule has 154 valence electrons. The summed E-state index contributed by atoms with van der Waals surface area (Å²) < 4.78 is 2.62. The molecule has 9 nitrogen and oxygen atoms in total. The van der Waals surface area contributed by atoms with E-state index in [-0.39, 0.29) is 28.4 Å². The fourth-order valence-corrected chi connectivity index (χ4v) is 2.84. The van der Waals surface area contributed by atoms with Crippen molar-refractivity contribution in [2.75, 3.05) is 14.1 Å². The van der Waals surface area contributed by atoms with Gasteiger partial charge in [0, 0.05) is 37.5 Å². The van der Waals surface area contributed by atoms with E-state index in [4.69, 9.17) is 0 Å². The van der Waals surface area contributed by atoms with E-state index in [1.54, 1.807) is 21.1 Å². The monoisotopic (exact) mass is 389 g/mol. The summed E-state index contributed by atoms with van der Waals surface area (Å²) in [5.74, 6) is 0.263. The van der Waals surface area contributed by atoms with Gasteiger partial charge in [0.1, 0.15) is 0 Å². The first-order valence-corrected chi connectivity index (χ1v) is 9.16. The van der Waals surface area contributed by atoms with Gasteiger partial charge in [0.25, 0.3) is 0 Å². The summed E-state index contributed by atoms with van der Waals surface area (Å²) in [7, 11) is 4.95. The molecule has 0 aromatic carbocycles. The quantitative estimate of drug-likeness (QED) is 0.779. The number of rotatable bonds is 2. The lowest BCUT2D eigenvalue weighted by Gasteiger charge is -2.16. The maximum absolute atomic E-state index is 12.6. The Kier molecular flexibility index (Phi) is 5.42. The Morgan fingerprint density at radius 2 is 1.54 bits per heavy atom. The third-order valence-electron chi connectivity index (χ3n) is 4.31. The zero-order valence-corrected chi connectivity index (χ0v) is 18.5. The van der Waals surface area contributed by atoms with Crippen molar-refractivity contribution in [2.24, 2.45) is 17.3 Å². The Labute approximate surface area is 166 Å². The fraction of sp³-hybridized carbons (Fsp3) is 0.632. The Hall–Kier alpha value is -2.71. The Morgan fingerprint density at radius 1 is 1.00 bits per heavy atom. The van der Waals surface area contributed by atoms with Crippen molar-refractivity contribution in [1.29, 1.82) is 0 Å². The summed E-state index contributed by atoms with van der Waals surface area (Å²) in [4.78, 5) is 14.1. The maximum atomic E-state index is 12.6. The summed E-state index contributed by atoms with van der Waals surface area (Å²) in [6.07, 6.45) is 0. The molecule has 2 heterocycles. The number of azo groups is 1. The number of hydrogen-bond acceptors (Lipinski definition) is 6. The van der Waals surface area contributed by atoms with E-state index in [2.05, 4.69) is 20.4 Å². The summed E-state index contributed by atoms with van der Waals surface area (Å²) >= 11 is 0. The minimum atomic E-state index is -0.335. The van der Waals surface area contributed by atoms with Gasteiger partial charge in [-0.25, -0.2) is 9.48 Å². The number of nitrogens with zero attached hydrogens (tertiary/aromatic N) is 7. The molecule has 0 aliphatic carbocycles. The number of carbonyl (C=O) groups excluding carboxylic acids is 1. The van der Waals surface area contributed by atoms with Crippen LogP contribution in [0.5, 0.6) is 5.88 Å². The van der Waals surface area contributed by atoms with Crippen LogP contribution in [-0.4, -0.2) is 49.7 Å². The highest BCUT2D eigenvalue weighted by molar-refractivity contribution is 5.79. The lowest BCUT2D eigenvalue weighted by atomic mass is 9.90. The van der Waals surface area contributed by atoms with Crippen LogP contribution in [0.2, 0.25) is 0 Å². The van der Waals surface area contributed by atoms with Gasteiger partial charge in [-0.2, -0.15) is 14.9 Å². The largest absolute Gasteiger partial charge is 0.492 e. The van der Waals surface area contributed by atoms with Crippen LogP contribution in [0.4, 0.5) is 16.3 Å². The summed E-state index contributed by atoms with van der Waals surface area (Å²) in [6.45, 7) is 13.9. The van der Waals surface area contributed by atoms with Gasteiger partial charge in [-0.15, -0.1) is 10.2 Å². The van der Waals surface area contributed by atoms with Gasteiger partial charge in [-0.05, 0) is 6.92 Å². The normalized spacial score (nSPS) is 12.8. The van der Waals surface area contributed by atoms with E-state index in [0.29, 0.717) is 11.5 Å². The third kappa shape index (κ3) is 3.93. The van der Waals surface area contributed by atoms with E-state index < -0.39 is 0 Å². The molecule has 0 radical (unpaired) electrons. The van der Waals surface area contributed by atoms with Crippen LogP contribution < -0.4 is 0 Å². The molecule has 0 saturated heterocycles. The number of amides is 1. The second kappa shape index (κ2) is 7.03. The van der Waals surface area contributed by atoms with Gasteiger partial charge in [0.15, 0.2) is 11.5 Å². The number of carbonyl (C=O) groups is 1. The molecule has 0 aliphatic rings. The molecular weight excluding hydrogens is 358 g/mol. The van der Waals surface area contributed by atoms with Gasteiger partial charge >= 0.3 is 6.03 Å². The van der Waals surface area contributed by atoms with E-state index in [1.165, 1.54) is 14.3 Å². The zero-order valence-electron chi connectivity index (χ0n) is 18.5. The molecule has 0 fully saturated rings. The Balaban J connectivity index is 2.67. The first-order chi connectivity index (χ1) is 12.7. The van der Waals surface area contributed by atoms with Gasteiger partial charge in [-0.1, -0.05) is 41.5 Å². The highest BCUT2D eigenvalue weighted by Gasteiger charge is 2.29. The Bertz CT molecular complexity index is 922. The second-order valence-electron chi connectivity index (χ2n) is 9.23. The molecule has 0 saturated carbocycles. The molecule has 1 amide bonds. The summed E-state index contributed by atoms with van der Waals surface area (Å²) in [5.41, 5.74) is 1.85. The minimum absolute atomic E-state index is 0.0765. The van der Waals surface area contributed by atoms with Gasteiger partial charge in [0.05, 0.1) is 11.4 Å². The SMILES string of the molecule is Cc1c(C(C)(C)C)nn(C(=O)N(C)C)c1/N=N\c1c(C(C)(C)C)nn(C)c1O. The first-order valence-electron chi connectivity index (χ1n) is 9.16. The van der Waals surface area contributed by atoms with Crippen molar-refractivity contribution in [3.8, 4) is 5.88 Å². The maximum Gasteiger partial charge on any atom is 0.346 e. The lowest BCUT2D eigenvalue weighted by Crippen LogP contribution is -2.28. The second-order valence-corrected chi connectivity index (χ2v) is 9.23. The van der Waals surface area contributed by atoms with Crippen molar-refractivity contribution in [3.63, 3.8) is 0 Å². The predicted molar refractivity (Wildman–Crippen MR) is 108 cm³/mol. The van der Waals surface area contributed by atoms with Crippen molar-refractivity contribution >= 4 is 17.5 Å². The first kappa shape index (κ1) is 21.6. The van der Waals surface area contributed by atoms with E-state index in [9.17, 15) is 9.90 Å². The van der Waals surface area contributed by atoms with Crippen LogP contribution in [-0.2, 0) is 17.9 Å². The van der Waals surface area contributed by atoms with Crippen LogP contribution >= 0.6 is 0 Å². The third-order valence-corrected chi connectivity index (χ3v) is 4.31. The smallest absolute Gasteiger partial charge is 0.346 e. The van der Waals surface area contributed by atoms with Crippen LogP contribution in [0.15, 0.2) is 10.2 Å². The van der Waals surface area contributed by atoms with Crippen LogP contribution in [0.3, 0.4) is 0 Å². The number of aromatic nitrogens is 4. The summed E-state index contributed by atoms with van der Waals surface area (Å²) in [5, 5.41) is 27.9. The van der Waals surface area contributed by atoms with Gasteiger partial charge in [0.2, 0.25) is 5.88 Å². The predicted octanol–water partition coefficient (Wildman–Crippen LogP) is 4.17. The molecule has 2 aromatic rings. The molecule has 2 rings (SSSR count). The van der Waals surface area contributed by atoms with Gasteiger partial charge < -0.3 is 10.0 Å². The minimum Gasteiger partial charge on any atom is -0.492 e. The molecule has 2 aromatic heterocycles. The fourth-order valence-electron chi connectivity index (χ4n) is 2.84. The van der Waals surface area contributed by atoms with Crippen molar-refractivity contribution in [1.82, 2.24) is 24.5 Å². The average Bonchev–Trinajstić information content (AvgIpc) is 3.02. The molecule has 0 unspecified atom stereocenters. The topological polar surface area (TPSA) is 101 Å². The van der Waals surface area contributed by atoms with Gasteiger partial charge in [-0.3, -0.25) is 0 Å². The number of aromatic hydroxyl groups is 1. The molecule has 28 heavy (non-hydrogen) atoms. The zero-order chi connectivity index (χ0) is 21.6. The molecule has 9 heteroatoms. The van der Waals surface area contributed by atoms with Crippen LogP contribution in [0, 0.1) is 6.92 Å². The van der Waals surface area contributed by atoms with E-state index in [0.717, 1.165) is 11.3 Å². The van der Waals surface area contributed by atoms with Crippen molar-refractivity contribution in [3.05, 3.63) is 17.0 Å². The molecular formula is C19H31N7O2. The standard InChI is InChI=1S/C19H31N7O2/c1-11-13(18(2,3)4)23-26(17(28)24(8)9)15(11)21-20-12-14(19(5,6)7)22-25(10)16(12)27/h27H,1-10H3/b21-20-. The van der Waals surface area contributed by atoms with Crippen LogP contribution in [0.1, 0.15) is 58.5 Å². The number of aryl methyl sites for hydroxylation is 1. The lowest BCUT2D eigenvalue weighted by molar-refractivity contribution is 0.216. The molecule has 0 atom stereocenters. The van der Waals surface area contributed by atoms with Crippen molar-refractivity contribution < 1.29 is 9.90 Å². The molecule has 0 spiro atoms. The highest BCUT2D eigenvalue weighted by Crippen LogP contribution is 2.39. The molecule has 0 aliphatic heterocycles. The van der Waals surface area contributed by atoms with Crippen LogP contribution in [0.25, 0.3) is 0 Å². The van der Waals surface area contributed by atoms with Crippen molar-refractivity contribution in [2.45, 2.75) is 59.3 Å². The van der Waals surface area contributed by atoms with E-state index in [1.807, 2.05) is 48.5 Å².